The highest BCUT2D eigenvalue weighted by Crippen LogP contribution is 2.15. The molecule has 0 rings (SSSR count). The van der Waals surface area contributed by atoms with E-state index in [1.54, 1.807) is 0 Å². The van der Waals surface area contributed by atoms with E-state index in [-0.39, 0.29) is 35.8 Å². The molecule has 43 heavy (non-hydrogen) atoms. The molecule has 0 saturated heterocycles. The Morgan fingerprint density at radius 1 is 0.651 bits per heavy atom. The topological polar surface area (TPSA) is 147 Å². The van der Waals surface area contributed by atoms with Crippen LogP contribution in [0.1, 0.15) is 157 Å². The Labute approximate surface area is 268 Å². The lowest BCUT2D eigenvalue weighted by Crippen LogP contribution is -2.30. The van der Waals surface area contributed by atoms with Crippen molar-refractivity contribution in [2.45, 2.75) is 157 Å². The van der Waals surface area contributed by atoms with Gasteiger partial charge in [-0.3, -0.25) is 19.2 Å². The highest BCUT2D eigenvalue weighted by Gasteiger charge is 2.16. The van der Waals surface area contributed by atoms with E-state index in [0.29, 0.717) is 37.8 Å². The Bertz CT molecular complexity index is 688. The van der Waals surface area contributed by atoms with Gasteiger partial charge in [-0.1, -0.05) is 106 Å². The van der Waals surface area contributed by atoms with Gasteiger partial charge >= 0.3 is 11.9 Å². The SMILES string of the molecule is CC(C)C[C@H](CN)CC(=O)O.CCCCCCCCC(=O)Cl.CCCCCCCCC(=O)NC[C@H](CC(=O)O)CC(C)C. The zero-order valence-electron chi connectivity index (χ0n) is 28.4. The number of unbranched alkanes of at least 4 members (excludes halogenated alkanes) is 10. The molecule has 2 atom stereocenters. The summed E-state index contributed by atoms with van der Waals surface area (Å²) in [5.74, 6) is -0.312. The predicted octanol–water partition coefficient (Wildman–Crippen LogP) is 8.57. The van der Waals surface area contributed by atoms with Crippen LogP contribution in [0.2, 0.25) is 0 Å². The third-order valence-electron chi connectivity index (χ3n) is 6.94. The van der Waals surface area contributed by atoms with E-state index in [4.69, 9.17) is 27.5 Å². The predicted molar refractivity (Wildman–Crippen MR) is 179 cm³/mol. The van der Waals surface area contributed by atoms with E-state index in [0.717, 1.165) is 38.5 Å². The third-order valence-corrected chi connectivity index (χ3v) is 7.13. The molecule has 5 N–H and O–H groups in total. The van der Waals surface area contributed by atoms with Gasteiger partial charge in [0, 0.05) is 32.2 Å². The van der Waals surface area contributed by atoms with E-state index in [1.165, 1.54) is 51.4 Å². The maximum absolute atomic E-state index is 11.7. The Kier molecular flexibility index (Phi) is 35.4. The fourth-order valence-corrected chi connectivity index (χ4v) is 4.92. The molecule has 8 nitrogen and oxygen atoms in total. The number of carboxylic acid groups (broad SMARTS) is 2. The summed E-state index contributed by atoms with van der Waals surface area (Å²) in [6.07, 6.45) is 17.5. The molecule has 0 aromatic heterocycles. The van der Waals surface area contributed by atoms with Gasteiger partial charge in [-0.2, -0.15) is 0 Å². The first kappa shape index (κ1) is 45.8. The number of halogens is 1. The van der Waals surface area contributed by atoms with Crippen molar-refractivity contribution in [2.24, 2.45) is 29.4 Å². The second kappa shape index (κ2) is 33.2. The number of aliphatic carboxylic acids is 2. The summed E-state index contributed by atoms with van der Waals surface area (Å²) in [5.41, 5.74) is 5.41. The first-order chi connectivity index (χ1) is 20.3. The number of carbonyl (C=O) groups is 4. The lowest BCUT2D eigenvalue weighted by atomic mass is 9.94. The van der Waals surface area contributed by atoms with Crippen LogP contribution < -0.4 is 11.1 Å². The number of amides is 1. The van der Waals surface area contributed by atoms with Crippen LogP contribution >= 0.6 is 11.6 Å². The average molecular weight is 635 g/mol. The van der Waals surface area contributed by atoms with Gasteiger partial charge in [-0.25, -0.2) is 0 Å². The minimum Gasteiger partial charge on any atom is -0.481 e. The van der Waals surface area contributed by atoms with Gasteiger partial charge in [0.2, 0.25) is 11.1 Å². The van der Waals surface area contributed by atoms with Crippen molar-refractivity contribution in [3.05, 3.63) is 0 Å². The molecule has 256 valence electrons. The van der Waals surface area contributed by atoms with Crippen LogP contribution in [-0.2, 0) is 19.2 Å². The van der Waals surface area contributed by atoms with Crippen molar-refractivity contribution >= 4 is 34.7 Å². The maximum Gasteiger partial charge on any atom is 0.303 e. The largest absolute Gasteiger partial charge is 0.481 e. The van der Waals surface area contributed by atoms with Crippen LogP contribution in [0.15, 0.2) is 0 Å². The van der Waals surface area contributed by atoms with Gasteiger partial charge < -0.3 is 21.3 Å². The molecule has 0 aliphatic carbocycles. The number of nitrogens with one attached hydrogen (secondary N) is 1. The van der Waals surface area contributed by atoms with E-state index in [2.05, 4.69) is 46.9 Å². The van der Waals surface area contributed by atoms with E-state index in [9.17, 15) is 19.2 Å². The Balaban J connectivity index is -0.000000614. The highest BCUT2D eigenvalue weighted by molar-refractivity contribution is 6.63. The Hall–Kier alpha value is -1.67. The Morgan fingerprint density at radius 3 is 1.44 bits per heavy atom. The zero-order chi connectivity index (χ0) is 33.5. The van der Waals surface area contributed by atoms with Crippen LogP contribution in [0, 0.1) is 23.7 Å². The molecule has 0 fully saturated rings. The van der Waals surface area contributed by atoms with Gasteiger partial charge in [0.05, 0.1) is 0 Å². The van der Waals surface area contributed by atoms with Gasteiger partial charge in [0.25, 0.3) is 0 Å². The van der Waals surface area contributed by atoms with E-state index < -0.39 is 11.9 Å². The molecule has 1 amide bonds. The van der Waals surface area contributed by atoms with Crippen molar-refractivity contribution in [1.29, 1.82) is 0 Å². The van der Waals surface area contributed by atoms with Crippen molar-refractivity contribution in [1.82, 2.24) is 5.32 Å². The van der Waals surface area contributed by atoms with Crippen LogP contribution in [-0.4, -0.2) is 46.4 Å². The second-order valence-corrected chi connectivity index (χ2v) is 13.0. The molecule has 0 unspecified atom stereocenters. The molecular weight excluding hydrogens is 568 g/mol. The number of hydrogen-bond donors (Lipinski definition) is 4. The molecule has 0 aromatic carbocycles. The minimum absolute atomic E-state index is 0.0380. The smallest absolute Gasteiger partial charge is 0.303 e. The molecule has 0 saturated carbocycles. The summed E-state index contributed by atoms with van der Waals surface area (Å²) in [5, 5.41) is 20.1. The molecule has 0 radical (unpaired) electrons. The maximum atomic E-state index is 11.7. The summed E-state index contributed by atoms with van der Waals surface area (Å²) in [7, 11) is 0. The molecule has 0 heterocycles. The molecule has 0 aliphatic rings. The number of carbonyl (C=O) groups excluding carboxylic acids is 2. The number of carboxylic acids is 2. The molecular formula is C34H67ClN2O6. The molecule has 9 heteroatoms. The molecule has 0 bridgehead atoms. The van der Waals surface area contributed by atoms with Crippen LogP contribution in [0.4, 0.5) is 0 Å². The standard InChI is InChI=1S/C17H33NO3.C9H17ClO.C8H17NO2/c1-4-5-6-7-8-9-10-16(19)18-13-15(11-14(2)3)12-17(20)21;1-2-3-4-5-6-7-8-9(10)11;1-6(2)3-7(5-9)4-8(10)11/h14-15H,4-13H2,1-3H3,(H,18,19)(H,20,21);2-8H2,1H3;6-7H,3-5,9H2,1-2H3,(H,10,11)/t15-;;7-/m0.0/s1. The summed E-state index contributed by atoms with van der Waals surface area (Å²) < 4.78 is 0. The highest BCUT2D eigenvalue weighted by atomic mass is 35.5. The van der Waals surface area contributed by atoms with Crippen molar-refractivity contribution in [2.75, 3.05) is 13.1 Å². The monoisotopic (exact) mass is 634 g/mol. The van der Waals surface area contributed by atoms with Crippen molar-refractivity contribution < 1.29 is 29.4 Å². The molecule has 0 aromatic rings. The third kappa shape index (κ3) is 42.5. The summed E-state index contributed by atoms with van der Waals surface area (Å²) in [4.78, 5) is 43.2. The lowest BCUT2D eigenvalue weighted by Gasteiger charge is -2.17. The quantitative estimate of drug-likeness (QED) is 0.0580. The average Bonchev–Trinajstić information content (AvgIpc) is 2.90. The van der Waals surface area contributed by atoms with Gasteiger partial charge in [-0.05, 0) is 67.5 Å². The van der Waals surface area contributed by atoms with Crippen molar-refractivity contribution in [3.63, 3.8) is 0 Å². The van der Waals surface area contributed by atoms with Crippen LogP contribution in [0.3, 0.4) is 0 Å². The van der Waals surface area contributed by atoms with Gasteiger partial charge in [0.15, 0.2) is 0 Å². The molecule has 0 spiro atoms. The normalized spacial score (nSPS) is 12.0. The van der Waals surface area contributed by atoms with Gasteiger partial charge in [-0.15, -0.1) is 0 Å². The summed E-state index contributed by atoms with van der Waals surface area (Å²) in [6, 6.07) is 0. The lowest BCUT2D eigenvalue weighted by molar-refractivity contribution is -0.139. The van der Waals surface area contributed by atoms with E-state index >= 15 is 0 Å². The fraction of sp³-hybridized carbons (Fsp3) is 0.882. The Morgan fingerprint density at radius 2 is 1.05 bits per heavy atom. The summed E-state index contributed by atoms with van der Waals surface area (Å²) >= 11 is 5.18. The van der Waals surface area contributed by atoms with Crippen LogP contribution in [0.25, 0.3) is 0 Å². The number of nitrogens with two attached hydrogens (primary N) is 1. The van der Waals surface area contributed by atoms with E-state index in [1.807, 2.05) is 0 Å². The minimum atomic E-state index is -0.786. The first-order valence-corrected chi connectivity index (χ1v) is 17.2. The van der Waals surface area contributed by atoms with Gasteiger partial charge in [0.1, 0.15) is 0 Å². The second-order valence-electron chi connectivity index (χ2n) is 12.6. The fourth-order valence-electron chi connectivity index (χ4n) is 4.79. The first-order valence-electron chi connectivity index (χ1n) is 16.9. The number of rotatable bonds is 25. The summed E-state index contributed by atoms with van der Waals surface area (Å²) in [6.45, 7) is 13.7. The zero-order valence-corrected chi connectivity index (χ0v) is 29.2. The van der Waals surface area contributed by atoms with Crippen molar-refractivity contribution in [3.8, 4) is 0 Å². The molecule has 0 aliphatic heterocycles. The van der Waals surface area contributed by atoms with Crippen LogP contribution in [0.5, 0.6) is 0 Å². The number of hydrogen-bond acceptors (Lipinski definition) is 5.